The van der Waals surface area contributed by atoms with Gasteiger partial charge in [0, 0.05) is 36.6 Å². The fourth-order valence-electron chi connectivity index (χ4n) is 8.30. The molecule has 0 aliphatic rings. The predicted molar refractivity (Wildman–Crippen MR) is 217 cm³/mol. The summed E-state index contributed by atoms with van der Waals surface area (Å²) >= 11 is 1.89. The van der Waals surface area contributed by atoms with Crippen molar-refractivity contribution >= 4 is 85.6 Å². The monoisotopic (exact) mass is 651 g/mol. The molecule has 0 aliphatic heterocycles. The molecule has 0 aliphatic carbocycles. The third kappa shape index (κ3) is 4.00. The van der Waals surface area contributed by atoms with Gasteiger partial charge in [0.1, 0.15) is 0 Å². The Bertz CT molecular complexity index is 3120. The maximum absolute atomic E-state index is 2.43. The van der Waals surface area contributed by atoms with Crippen molar-refractivity contribution in [3.05, 3.63) is 176 Å². The molecule has 1 nitrogen and oxygen atoms in total. The van der Waals surface area contributed by atoms with Crippen molar-refractivity contribution < 1.29 is 0 Å². The van der Waals surface area contributed by atoms with Crippen molar-refractivity contribution in [2.45, 2.75) is 0 Å². The Morgan fingerprint density at radius 3 is 1.68 bits per heavy atom. The van der Waals surface area contributed by atoms with Crippen molar-refractivity contribution in [1.29, 1.82) is 0 Å². The van der Waals surface area contributed by atoms with Gasteiger partial charge in [0.15, 0.2) is 0 Å². The Morgan fingerprint density at radius 2 is 0.880 bits per heavy atom. The molecule has 0 saturated carbocycles. The molecule has 2 heteroatoms. The van der Waals surface area contributed by atoms with E-state index in [1.165, 1.54) is 96.5 Å². The van der Waals surface area contributed by atoms with Crippen molar-refractivity contribution in [1.82, 2.24) is 4.57 Å². The zero-order chi connectivity index (χ0) is 32.8. The van der Waals surface area contributed by atoms with Gasteiger partial charge in [-0.2, -0.15) is 0 Å². The minimum absolute atomic E-state index is 1.16. The smallest absolute Gasteiger partial charge is 0.0541 e. The molecular weight excluding hydrogens is 623 g/mol. The summed E-state index contributed by atoms with van der Waals surface area (Å²) < 4.78 is 5.11. The van der Waals surface area contributed by atoms with Crippen LogP contribution < -0.4 is 0 Å². The Hall–Kier alpha value is -6.22. The van der Waals surface area contributed by atoms with Crippen LogP contribution >= 0.6 is 11.3 Å². The standard InChI is InChI=1S/C48H29NS/c1-2-15-37-35(13-1)36-14-3-4-16-38(36)43-28-31(23-25-39(37)43)30-11-9-12-33(27-30)49-45-21-7-5-17-40(45)44-29-32(24-26-46(44)49)34-19-10-20-42-41-18-6-8-22-47(41)50-48(34)42/h1-29H. The quantitative estimate of drug-likeness (QED) is 0.168. The first-order valence-corrected chi connectivity index (χ1v) is 18.0. The van der Waals surface area contributed by atoms with Crippen molar-refractivity contribution in [3.63, 3.8) is 0 Å². The molecule has 11 rings (SSSR count). The molecule has 2 heterocycles. The van der Waals surface area contributed by atoms with E-state index in [0.29, 0.717) is 0 Å². The molecule has 0 amide bonds. The molecule has 0 spiro atoms. The van der Waals surface area contributed by atoms with E-state index in [0.717, 1.165) is 5.69 Å². The molecule has 9 aromatic carbocycles. The van der Waals surface area contributed by atoms with Crippen LogP contribution in [0.3, 0.4) is 0 Å². The second kappa shape index (κ2) is 10.6. The summed E-state index contributed by atoms with van der Waals surface area (Å²) in [5.74, 6) is 0. The lowest BCUT2D eigenvalue weighted by atomic mass is 9.92. The third-order valence-corrected chi connectivity index (χ3v) is 11.8. The van der Waals surface area contributed by atoms with Crippen LogP contribution in [0.1, 0.15) is 0 Å². The average Bonchev–Trinajstić information content (AvgIpc) is 3.73. The highest BCUT2D eigenvalue weighted by Gasteiger charge is 2.16. The van der Waals surface area contributed by atoms with Crippen LogP contribution in [0.25, 0.3) is 102 Å². The summed E-state index contributed by atoms with van der Waals surface area (Å²) in [4.78, 5) is 0. The van der Waals surface area contributed by atoms with Gasteiger partial charge < -0.3 is 4.57 Å². The van der Waals surface area contributed by atoms with E-state index in [-0.39, 0.29) is 0 Å². The lowest BCUT2D eigenvalue weighted by Crippen LogP contribution is -1.94. The van der Waals surface area contributed by atoms with Crippen molar-refractivity contribution in [3.8, 4) is 27.9 Å². The van der Waals surface area contributed by atoms with Gasteiger partial charge in [-0.1, -0.05) is 133 Å². The van der Waals surface area contributed by atoms with Crippen LogP contribution in [0.5, 0.6) is 0 Å². The lowest BCUT2D eigenvalue weighted by molar-refractivity contribution is 1.18. The second-order valence-electron chi connectivity index (χ2n) is 13.3. The van der Waals surface area contributed by atoms with Gasteiger partial charge in [-0.3, -0.25) is 0 Å². The lowest BCUT2D eigenvalue weighted by Gasteiger charge is -2.13. The first kappa shape index (κ1) is 27.7. The number of hydrogen-bond donors (Lipinski definition) is 0. The van der Waals surface area contributed by atoms with E-state index in [1.807, 2.05) is 11.3 Å². The van der Waals surface area contributed by atoms with E-state index < -0.39 is 0 Å². The Morgan fingerprint density at radius 1 is 0.320 bits per heavy atom. The summed E-state index contributed by atoms with van der Waals surface area (Å²) in [6.45, 7) is 0. The molecule has 50 heavy (non-hydrogen) atoms. The molecule has 232 valence electrons. The predicted octanol–water partition coefficient (Wildman–Crippen LogP) is 13.9. The van der Waals surface area contributed by atoms with Gasteiger partial charge in [-0.05, 0) is 97.0 Å². The van der Waals surface area contributed by atoms with E-state index in [2.05, 4.69) is 180 Å². The average molecular weight is 652 g/mol. The number of rotatable bonds is 3. The Kier molecular flexibility index (Phi) is 5.89. The maximum atomic E-state index is 2.43. The van der Waals surface area contributed by atoms with Crippen LogP contribution in [0.2, 0.25) is 0 Å². The number of thiophene rings is 1. The van der Waals surface area contributed by atoms with Gasteiger partial charge in [0.2, 0.25) is 0 Å². The van der Waals surface area contributed by atoms with Gasteiger partial charge in [0.05, 0.1) is 11.0 Å². The zero-order valence-electron chi connectivity index (χ0n) is 27.1. The molecule has 0 saturated heterocycles. The summed E-state index contributed by atoms with van der Waals surface area (Å²) in [5.41, 5.74) is 8.57. The minimum atomic E-state index is 1.16. The highest BCUT2D eigenvalue weighted by molar-refractivity contribution is 7.26. The third-order valence-electron chi connectivity index (χ3n) is 10.6. The number of para-hydroxylation sites is 1. The molecular formula is C48H29NS. The van der Waals surface area contributed by atoms with Crippen molar-refractivity contribution in [2.75, 3.05) is 0 Å². The molecule has 0 atom stereocenters. The van der Waals surface area contributed by atoms with Crippen LogP contribution in [-0.2, 0) is 0 Å². The minimum Gasteiger partial charge on any atom is -0.309 e. The van der Waals surface area contributed by atoms with E-state index in [9.17, 15) is 0 Å². The molecule has 0 fully saturated rings. The topological polar surface area (TPSA) is 4.93 Å². The largest absolute Gasteiger partial charge is 0.309 e. The van der Waals surface area contributed by atoms with E-state index in [1.54, 1.807) is 0 Å². The number of aromatic nitrogens is 1. The van der Waals surface area contributed by atoms with Crippen LogP contribution in [-0.4, -0.2) is 4.57 Å². The van der Waals surface area contributed by atoms with E-state index >= 15 is 0 Å². The van der Waals surface area contributed by atoms with Gasteiger partial charge in [-0.25, -0.2) is 0 Å². The summed E-state index contributed by atoms with van der Waals surface area (Å²) in [5, 5.41) is 13.0. The fraction of sp³-hybridized carbons (Fsp3) is 0. The highest BCUT2D eigenvalue weighted by atomic mass is 32.1. The number of hydrogen-bond acceptors (Lipinski definition) is 1. The van der Waals surface area contributed by atoms with Crippen LogP contribution in [0.4, 0.5) is 0 Å². The highest BCUT2D eigenvalue weighted by Crippen LogP contribution is 2.42. The van der Waals surface area contributed by atoms with Crippen molar-refractivity contribution in [2.24, 2.45) is 0 Å². The normalized spacial score (nSPS) is 12.0. The fourth-order valence-corrected chi connectivity index (χ4v) is 9.54. The zero-order valence-corrected chi connectivity index (χ0v) is 27.9. The Labute approximate surface area is 292 Å². The maximum Gasteiger partial charge on any atom is 0.0541 e. The summed E-state index contributed by atoms with van der Waals surface area (Å²) in [6.07, 6.45) is 0. The molecule has 0 bridgehead atoms. The number of benzene rings is 9. The first-order valence-electron chi connectivity index (χ1n) is 17.2. The number of nitrogens with zero attached hydrogens (tertiary/aromatic N) is 1. The SMILES string of the molecule is c1cc(-c2ccc3c4ccccc4c4ccccc4c3c2)cc(-n2c3ccccc3c3cc(-c4cccc5c4sc4ccccc45)ccc32)c1. The summed E-state index contributed by atoms with van der Waals surface area (Å²) in [6, 6.07) is 64.9. The van der Waals surface area contributed by atoms with Crippen LogP contribution in [0.15, 0.2) is 176 Å². The molecule has 0 N–H and O–H groups in total. The van der Waals surface area contributed by atoms with Crippen LogP contribution in [0, 0.1) is 0 Å². The van der Waals surface area contributed by atoms with Gasteiger partial charge in [-0.15, -0.1) is 11.3 Å². The molecule has 2 aromatic heterocycles. The van der Waals surface area contributed by atoms with E-state index in [4.69, 9.17) is 0 Å². The molecule has 0 unspecified atom stereocenters. The molecule has 11 aromatic rings. The first-order chi connectivity index (χ1) is 24.8. The van der Waals surface area contributed by atoms with Gasteiger partial charge >= 0.3 is 0 Å². The summed E-state index contributed by atoms with van der Waals surface area (Å²) in [7, 11) is 0. The van der Waals surface area contributed by atoms with Gasteiger partial charge in [0.25, 0.3) is 0 Å². The Balaban J connectivity index is 1.09. The molecule has 0 radical (unpaired) electrons. The number of fused-ring (bicyclic) bond motifs is 12. The second-order valence-corrected chi connectivity index (χ2v) is 14.3.